The molecule has 150 valence electrons. The van der Waals surface area contributed by atoms with Crippen molar-refractivity contribution >= 4 is 11.9 Å². The number of nitrogens with zero attached hydrogens (tertiary/aromatic N) is 1. The number of amides is 1. The summed E-state index contributed by atoms with van der Waals surface area (Å²) < 4.78 is 6.94. The molecule has 0 saturated carbocycles. The van der Waals surface area contributed by atoms with Gasteiger partial charge in [-0.05, 0) is 43.5 Å². The molecule has 0 spiro atoms. The Kier molecular flexibility index (Phi) is 5.87. The molecule has 5 heteroatoms. The maximum absolute atomic E-state index is 12.4. The number of methoxy groups -OCH3 is 1. The van der Waals surface area contributed by atoms with Crippen molar-refractivity contribution in [2.24, 2.45) is 5.73 Å². The Balaban J connectivity index is 2.16. The van der Waals surface area contributed by atoms with Crippen LogP contribution in [0.5, 0.6) is 0 Å². The minimum absolute atomic E-state index is 0.393. The van der Waals surface area contributed by atoms with Crippen molar-refractivity contribution in [1.82, 2.24) is 4.57 Å². The third-order valence-corrected chi connectivity index (χ3v) is 5.23. The fourth-order valence-corrected chi connectivity index (χ4v) is 3.88. The second-order valence-electron chi connectivity index (χ2n) is 7.14. The van der Waals surface area contributed by atoms with Crippen LogP contribution in [-0.2, 0) is 17.7 Å². The lowest BCUT2D eigenvalue weighted by Crippen LogP contribution is -2.13. The van der Waals surface area contributed by atoms with Gasteiger partial charge in [0.05, 0.1) is 18.2 Å². The lowest BCUT2D eigenvalue weighted by atomic mass is 9.98. The van der Waals surface area contributed by atoms with Gasteiger partial charge in [-0.1, -0.05) is 48.9 Å². The smallest absolute Gasteiger partial charge is 0.337 e. The van der Waals surface area contributed by atoms with Crippen LogP contribution in [-0.4, -0.2) is 23.6 Å². The van der Waals surface area contributed by atoms with Crippen molar-refractivity contribution in [3.63, 3.8) is 0 Å². The summed E-state index contributed by atoms with van der Waals surface area (Å²) in [7, 11) is 1.35. The van der Waals surface area contributed by atoms with Gasteiger partial charge in [0.15, 0.2) is 0 Å². The van der Waals surface area contributed by atoms with E-state index in [0.29, 0.717) is 17.7 Å². The summed E-state index contributed by atoms with van der Waals surface area (Å²) in [6.45, 7) is 6.73. The fourth-order valence-electron chi connectivity index (χ4n) is 3.88. The van der Waals surface area contributed by atoms with Gasteiger partial charge < -0.3 is 15.0 Å². The number of hydrogen-bond donors (Lipinski definition) is 1. The van der Waals surface area contributed by atoms with Crippen LogP contribution in [0.15, 0.2) is 48.5 Å². The Morgan fingerprint density at radius 1 is 1.07 bits per heavy atom. The Morgan fingerprint density at radius 2 is 1.76 bits per heavy atom. The summed E-state index contributed by atoms with van der Waals surface area (Å²) in [5.74, 6) is -0.845. The highest BCUT2D eigenvalue weighted by molar-refractivity contribution is 6.02. The molecule has 1 amide bonds. The lowest BCUT2D eigenvalue weighted by molar-refractivity contribution is 0.0600. The van der Waals surface area contributed by atoms with Gasteiger partial charge in [0, 0.05) is 23.5 Å². The third-order valence-electron chi connectivity index (χ3n) is 5.23. The van der Waals surface area contributed by atoms with E-state index in [-0.39, 0.29) is 0 Å². The Morgan fingerprint density at radius 3 is 2.31 bits per heavy atom. The Bertz CT molecular complexity index is 1060. The van der Waals surface area contributed by atoms with Crippen molar-refractivity contribution < 1.29 is 14.3 Å². The van der Waals surface area contributed by atoms with Crippen LogP contribution in [0.1, 0.15) is 50.2 Å². The molecule has 1 aromatic heterocycles. The summed E-state index contributed by atoms with van der Waals surface area (Å²) in [6, 6.07) is 15.4. The molecule has 0 aliphatic rings. The number of rotatable bonds is 6. The van der Waals surface area contributed by atoms with Crippen molar-refractivity contribution in [3.8, 4) is 11.1 Å². The maximum Gasteiger partial charge on any atom is 0.337 e. The van der Waals surface area contributed by atoms with Gasteiger partial charge in [0.2, 0.25) is 0 Å². The second kappa shape index (κ2) is 8.35. The van der Waals surface area contributed by atoms with Crippen LogP contribution < -0.4 is 5.73 Å². The van der Waals surface area contributed by atoms with E-state index in [2.05, 4.69) is 36.6 Å². The van der Waals surface area contributed by atoms with E-state index in [1.807, 2.05) is 25.1 Å². The van der Waals surface area contributed by atoms with Gasteiger partial charge in [0.1, 0.15) is 0 Å². The zero-order valence-electron chi connectivity index (χ0n) is 17.3. The molecule has 0 aliphatic heterocycles. The lowest BCUT2D eigenvalue weighted by Gasteiger charge is -2.13. The van der Waals surface area contributed by atoms with Gasteiger partial charge in [-0.3, -0.25) is 4.79 Å². The van der Waals surface area contributed by atoms with Crippen molar-refractivity contribution in [1.29, 1.82) is 0 Å². The molecular formula is C24H26N2O3. The van der Waals surface area contributed by atoms with Crippen LogP contribution >= 0.6 is 0 Å². The highest BCUT2D eigenvalue weighted by atomic mass is 16.5. The van der Waals surface area contributed by atoms with E-state index in [1.165, 1.54) is 18.2 Å². The molecule has 1 heterocycles. The number of hydrogen-bond acceptors (Lipinski definition) is 3. The van der Waals surface area contributed by atoms with Crippen molar-refractivity contribution in [3.05, 3.63) is 82.2 Å². The average Bonchev–Trinajstić information content (AvgIpc) is 2.99. The predicted octanol–water partition coefficient (Wildman–Crippen LogP) is 4.27. The summed E-state index contributed by atoms with van der Waals surface area (Å²) in [6.07, 6.45) is 0.744. The van der Waals surface area contributed by atoms with Gasteiger partial charge in [0.25, 0.3) is 5.91 Å². The molecule has 0 fully saturated rings. The topological polar surface area (TPSA) is 74.3 Å². The molecule has 2 aromatic carbocycles. The van der Waals surface area contributed by atoms with E-state index in [1.54, 1.807) is 12.1 Å². The van der Waals surface area contributed by atoms with Crippen LogP contribution in [0.25, 0.3) is 11.1 Å². The van der Waals surface area contributed by atoms with E-state index in [0.717, 1.165) is 28.9 Å². The van der Waals surface area contributed by atoms with Crippen LogP contribution in [0, 0.1) is 13.8 Å². The highest BCUT2D eigenvalue weighted by Gasteiger charge is 2.24. The summed E-state index contributed by atoms with van der Waals surface area (Å²) in [5.41, 5.74) is 12.7. The molecular weight excluding hydrogens is 364 g/mol. The molecule has 0 bridgehead atoms. The molecule has 5 nitrogen and oxygen atoms in total. The SMILES string of the molecule is CCc1c(-c2ccc(C(=O)OC)cc2)c(C(N)=O)c(C)n1Cc1cccc(C)c1. The maximum atomic E-state index is 12.4. The zero-order chi connectivity index (χ0) is 21.1. The molecule has 29 heavy (non-hydrogen) atoms. The monoisotopic (exact) mass is 390 g/mol. The van der Waals surface area contributed by atoms with E-state index >= 15 is 0 Å². The van der Waals surface area contributed by atoms with Gasteiger partial charge in [-0.15, -0.1) is 0 Å². The average molecular weight is 390 g/mol. The van der Waals surface area contributed by atoms with Crippen LogP contribution in [0.3, 0.4) is 0 Å². The molecule has 3 rings (SSSR count). The van der Waals surface area contributed by atoms with Crippen LogP contribution in [0.2, 0.25) is 0 Å². The number of nitrogens with two attached hydrogens (primary N) is 1. The quantitative estimate of drug-likeness (QED) is 0.639. The minimum atomic E-state index is -0.452. The largest absolute Gasteiger partial charge is 0.465 e. The molecule has 3 aromatic rings. The van der Waals surface area contributed by atoms with Gasteiger partial charge in [-0.25, -0.2) is 4.79 Å². The molecule has 0 atom stereocenters. The molecule has 0 radical (unpaired) electrons. The number of primary amides is 1. The standard InChI is InChI=1S/C24H26N2O3/c1-5-20-22(18-9-11-19(12-10-18)24(28)29-4)21(23(25)27)16(3)26(20)14-17-8-6-7-15(2)13-17/h6-13H,5,14H2,1-4H3,(H2,25,27). The first-order chi connectivity index (χ1) is 13.9. The third kappa shape index (κ3) is 3.94. The van der Waals surface area contributed by atoms with Gasteiger partial charge in [-0.2, -0.15) is 0 Å². The van der Waals surface area contributed by atoms with E-state index in [9.17, 15) is 9.59 Å². The highest BCUT2D eigenvalue weighted by Crippen LogP contribution is 2.34. The van der Waals surface area contributed by atoms with E-state index in [4.69, 9.17) is 10.5 Å². The summed E-state index contributed by atoms with van der Waals surface area (Å²) in [4.78, 5) is 24.1. The van der Waals surface area contributed by atoms with Crippen molar-refractivity contribution in [2.45, 2.75) is 33.7 Å². The minimum Gasteiger partial charge on any atom is -0.465 e. The predicted molar refractivity (Wildman–Crippen MR) is 114 cm³/mol. The Labute approximate surface area is 171 Å². The number of esters is 1. The molecule has 0 unspecified atom stereocenters. The normalized spacial score (nSPS) is 10.8. The van der Waals surface area contributed by atoms with Crippen LogP contribution in [0.4, 0.5) is 0 Å². The Hall–Kier alpha value is -3.34. The summed E-state index contributed by atoms with van der Waals surface area (Å²) in [5, 5.41) is 0. The summed E-state index contributed by atoms with van der Waals surface area (Å²) >= 11 is 0. The molecule has 2 N–H and O–H groups in total. The number of aryl methyl sites for hydroxylation is 1. The van der Waals surface area contributed by atoms with Crippen molar-refractivity contribution in [2.75, 3.05) is 7.11 Å². The number of carbonyl (C=O) groups is 2. The number of benzene rings is 2. The first kappa shape index (κ1) is 20.4. The number of carbonyl (C=O) groups excluding carboxylic acids is 2. The van der Waals surface area contributed by atoms with E-state index < -0.39 is 11.9 Å². The first-order valence-corrected chi connectivity index (χ1v) is 9.63. The fraction of sp³-hybridized carbons (Fsp3) is 0.250. The zero-order valence-corrected chi connectivity index (χ0v) is 17.3. The first-order valence-electron chi connectivity index (χ1n) is 9.63. The molecule has 0 aliphatic carbocycles. The second-order valence-corrected chi connectivity index (χ2v) is 7.14. The van der Waals surface area contributed by atoms with Gasteiger partial charge >= 0.3 is 5.97 Å². The molecule has 0 saturated heterocycles. The number of ether oxygens (including phenoxy) is 1. The number of aromatic nitrogens is 1.